The minimum absolute atomic E-state index is 0.126. The summed E-state index contributed by atoms with van der Waals surface area (Å²) in [6.07, 6.45) is 3.32. The lowest BCUT2D eigenvalue weighted by molar-refractivity contribution is -0.124. The van der Waals surface area contributed by atoms with Crippen molar-refractivity contribution in [1.82, 2.24) is 15.8 Å². The van der Waals surface area contributed by atoms with Gasteiger partial charge >= 0.3 is 0 Å². The summed E-state index contributed by atoms with van der Waals surface area (Å²) in [5, 5.41) is 0. The number of ether oxygens (including phenoxy) is 1. The molecule has 172 valence electrons. The highest BCUT2D eigenvalue weighted by Gasteiger charge is 2.31. The molecule has 0 radical (unpaired) electrons. The molecule has 1 fully saturated rings. The van der Waals surface area contributed by atoms with Crippen molar-refractivity contribution in [2.75, 3.05) is 13.7 Å². The van der Waals surface area contributed by atoms with Crippen molar-refractivity contribution in [3.05, 3.63) is 70.1 Å². The van der Waals surface area contributed by atoms with E-state index in [0.717, 1.165) is 12.0 Å². The highest BCUT2D eigenvalue weighted by molar-refractivity contribution is 8.26. The maximum Gasteiger partial charge on any atom is 0.273 e. The van der Waals surface area contributed by atoms with Crippen LogP contribution in [0.5, 0.6) is 5.75 Å². The number of amides is 3. The van der Waals surface area contributed by atoms with E-state index < -0.39 is 5.91 Å². The molecular weight excluding hydrogens is 458 g/mol. The molecule has 1 heterocycles. The number of methoxy groups -OCH3 is 1. The van der Waals surface area contributed by atoms with Gasteiger partial charge in [0.2, 0.25) is 5.91 Å². The van der Waals surface area contributed by atoms with Gasteiger partial charge in [0.25, 0.3) is 11.8 Å². The van der Waals surface area contributed by atoms with Crippen LogP contribution in [0.2, 0.25) is 0 Å². The third-order valence-corrected chi connectivity index (χ3v) is 6.39. The minimum Gasteiger partial charge on any atom is -0.496 e. The van der Waals surface area contributed by atoms with Gasteiger partial charge in [-0.15, -0.1) is 0 Å². The van der Waals surface area contributed by atoms with Crippen LogP contribution in [0.25, 0.3) is 6.08 Å². The maximum absolute atomic E-state index is 12.7. The van der Waals surface area contributed by atoms with E-state index in [9.17, 15) is 14.4 Å². The number of aryl methyl sites for hydroxylation is 1. The van der Waals surface area contributed by atoms with E-state index in [1.165, 1.54) is 29.3 Å². The zero-order valence-electron chi connectivity index (χ0n) is 18.4. The largest absolute Gasteiger partial charge is 0.496 e. The van der Waals surface area contributed by atoms with Crippen molar-refractivity contribution in [3.8, 4) is 5.75 Å². The second-order valence-corrected chi connectivity index (χ2v) is 8.91. The minimum atomic E-state index is -0.477. The number of carbonyl (C=O) groups excluding carboxylic acids is 3. The van der Waals surface area contributed by atoms with E-state index in [2.05, 4.69) is 17.8 Å². The molecule has 1 aliphatic heterocycles. The topological polar surface area (TPSA) is 87.7 Å². The van der Waals surface area contributed by atoms with Crippen molar-refractivity contribution in [1.29, 1.82) is 0 Å². The summed E-state index contributed by atoms with van der Waals surface area (Å²) in [6.45, 7) is 2.42. The number of thiocarbonyl (C=S) groups is 1. The molecule has 7 nitrogen and oxygen atoms in total. The second kappa shape index (κ2) is 11.6. The predicted molar refractivity (Wildman–Crippen MR) is 134 cm³/mol. The lowest BCUT2D eigenvalue weighted by atomic mass is 10.1. The van der Waals surface area contributed by atoms with E-state index in [-0.39, 0.29) is 18.2 Å². The van der Waals surface area contributed by atoms with Gasteiger partial charge in [-0.2, -0.15) is 0 Å². The number of para-hydroxylation sites is 1. The van der Waals surface area contributed by atoms with Crippen LogP contribution < -0.4 is 15.6 Å². The number of nitrogens with zero attached hydrogens (tertiary/aromatic N) is 1. The van der Waals surface area contributed by atoms with Crippen LogP contribution in [-0.4, -0.2) is 40.6 Å². The van der Waals surface area contributed by atoms with Gasteiger partial charge in [0.15, 0.2) is 0 Å². The fourth-order valence-corrected chi connectivity index (χ4v) is 4.49. The Kier molecular flexibility index (Phi) is 8.62. The quantitative estimate of drug-likeness (QED) is 0.338. The van der Waals surface area contributed by atoms with Crippen LogP contribution in [0.3, 0.4) is 0 Å². The van der Waals surface area contributed by atoms with Gasteiger partial charge in [-0.05, 0) is 42.2 Å². The van der Waals surface area contributed by atoms with Crippen molar-refractivity contribution >= 4 is 52.1 Å². The molecule has 2 aromatic carbocycles. The smallest absolute Gasteiger partial charge is 0.273 e. The fourth-order valence-electron chi connectivity index (χ4n) is 3.18. The Balaban J connectivity index is 1.47. The first-order chi connectivity index (χ1) is 15.9. The van der Waals surface area contributed by atoms with E-state index in [0.29, 0.717) is 33.5 Å². The average Bonchev–Trinajstić information content (AvgIpc) is 3.10. The van der Waals surface area contributed by atoms with Gasteiger partial charge < -0.3 is 4.74 Å². The Labute approximate surface area is 202 Å². The third kappa shape index (κ3) is 6.43. The van der Waals surface area contributed by atoms with Crippen LogP contribution >= 0.6 is 24.0 Å². The molecule has 0 aromatic heterocycles. The Morgan fingerprint density at radius 3 is 2.55 bits per heavy atom. The van der Waals surface area contributed by atoms with Crippen molar-refractivity contribution in [2.24, 2.45) is 0 Å². The number of rotatable bonds is 8. The molecular formula is C24H25N3O4S2. The maximum atomic E-state index is 12.7. The normalized spacial score (nSPS) is 14.5. The number of hydrazine groups is 1. The summed E-state index contributed by atoms with van der Waals surface area (Å²) in [7, 11) is 1.47. The van der Waals surface area contributed by atoms with E-state index in [4.69, 9.17) is 17.0 Å². The van der Waals surface area contributed by atoms with Crippen LogP contribution in [0.1, 0.15) is 41.3 Å². The molecule has 2 aromatic rings. The molecule has 2 N–H and O–H groups in total. The summed E-state index contributed by atoms with van der Waals surface area (Å²) >= 11 is 6.61. The molecule has 1 saturated heterocycles. The summed E-state index contributed by atoms with van der Waals surface area (Å²) < 4.78 is 5.62. The number of carbonyl (C=O) groups is 3. The second-order valence-electron chi connectivity index (χ2n) is 7.23. The predicted octanol–water partition coefficient (Wildman–Crippen LogP) is 3.70. The zero-order chi connectivity index (χ0) is 23.8. The van der Waals surface area contributed by atoms with Crippen molar-refractivity contribution in [3.63, 3.8) is 0 Å². The number of benzene rings is 2. The highest BCUT2D eigenvalue weighted by Crippen LogP contribution is 2.32. The van der Waals surface area contributed by atoms with Gasteiger partial charge in [-0.25, -0.2) is 0 Å². The van der Waals surface area contributed by atoms with Gasteiger partial charge in [0.1, 0.15) is 10.1 Å². The lowest BCUT2D eigenvalue weighted by Crippen LogP contribution is -2.42. The molecule has 9 heteroatoms. The van der Waals surface area contributed by atoms with Gasteiger partial charge in [0.05, 0.1) is 17.6 Å². The lowest BCUT2D eigenvalue weighted by Gasteiger charge is -2.14. The summed E-state index contributed by atoms with van der Waals surface area (Å²) in [4.78, 5) is 39.2. The van der Waals surface area contributed by atoms with Crippen LogP contribution in [-0.2, 0) is 16.0 Å². The first kappa shape index (κ1) is 24.5. The summed E-state index contributed by atoms with van der Waals surface area (Å²) in [6, 6.07) is 14.8. The van der Waals surface area contributed by atoms with Crippen molar-refractivity contribution < 1.29 is 19.1 Å². The number of thioether (sulfide) groups is 1. The first-order valence-corrected chi connectivity index (χ1v) is 11.7. The molecule has 1 aliphatic rings. The average molecular weight is 484 g/mol. The van der Waals surface area contributed by atoms with Crippen LogP contribution in [0.15, 0.2) is 53.4 Å². The van der Waals surface area contributed by atoms with E-state index in [1.54, 1.807) is 24.3 Å². The molecule has 0 spiro atoms. The Hall–Kier alpha value is -3.17. The Morgan fingerprint density at radius 2 is 1.85 bits per heavy atom. The van der Waals surface area contributed by atoms with Gasteiger partial charge in [-0.3, -0.25) is 30.1 Å². The molecule has 3 rings (SSSR count). The number of hydrogen-bond donors (Lipinski definition) is 2. The number of hydrogen-bond acceptors (Lipinski definition) is 6. The van der Waals surface area contributed by atoms with Gasteiger partial charge in [0, 0.05) is 13.0 Å². The van der Waals surface area contributed by atoms with E-state index >= 15 is 0 Å². The third-order valence-electron chi connectivity index (χ3n) is 5.01. The van der Waals surface area contributed by atoms with Crippen LogP contribution in [0, 0.1) is 0 Å². The molecule has 0 saturated carbocycles. The standard InChI is InChI=1S/C24H25N3O4S2/c1-3-16-10-12-17(13-11-16)15-20-23(30)27(24(32)33-20)14-6-9-21(28)25-26-22(29)18-7-4-5-8-19(18)31-2/h4-5,7-8,10-13,15H,3,6,9,14H2,1-2H3,(H,25,28)(H,26,29)/b20-15+. The monoisotopic (exact) mass is 483 g/mol. The van der Waals surface area contributed by atoms with Crippen LogP contribution in [0.4, 0.5) is 0 Å². The highest BCUT2D eigenvalue weighted by atomic mass is 32.2. The number of nitrogens with one attached hydrogen (secondary N) is 2. The van der Waals surface area contributed by atoms with Gasteiger partial charge in [-0.1, -0.05) is 67.3 Å². The first-order valence-electron chi connectivity index (χ1n) is 10.5. The fraction of sp³-hybridized carbons (Fsp3) is 0.250. The molecule has 0 atom stereocenters. The SMILES string of the molecule is CCc1ccc(/C=C2/SC(=S)N(CCCC(=O)NNC(=O)c3ccccc3OC)C2=O)cc1. The molecule has 0 unspecified atom stereocenters. The molecule has 0 bridgehead atoms. The Bertz CT molecular complexity index is 1080. The molecule has 33 heavy (non-hydrogen) atoms. The Morgan fingerprint density at radius 1 is 1.12 bits per heavy atom. The van der Waals surface area contributed by atoms with Crippen molar-refractivity contribution in [2.45, 2.75) is 26.2 Å². The zero-order valence-corrected chi connectivity index (χ0v) is 20.1. The summed E-state index contributed by atoms with van der Waals surface area (Å²) in [5.74, 6) is -0.590. The van der Waals surface area contributed by atoms with E-state index in [1.807, 2.05) is 30.3 Å². The molecule has 3 amide bonds. The summed E-state index contributed by atoms with van der Waals surface area (Å²) in [5.41, 5.74) is 7.25. The molecule has 0 aliphatic carbocycles.